The zero-order chi connectivity index (χ0) is 14.4. The third-order valence-corrected chi connectivity index (χ3v) is 4.44. The van der Waals surface area contributed by atoms with Crippen LogP contribution in [0.5, 0.6) is 5.75 Å². The summed E-state index contributed by atoms with van der Waals surface area (Å²) in [6.45, 7) is 4.14. The first-order chi connectivity index (χ1) is 9.70. The smallest absolute Gasteiger partial charge is 0.119 e. The van der Waals surface area contributed by atoms with Crippen LogP contribution in [0.1, 0.15) is 17.8 Å². The van der Waals surface area contributed by atoms with Gasteiger partial charge in [0.2, 0.25) is 0 Å². The number of thiophene rings is 1. The van der Waals surface area contributed by atoms with E-state index in [0.717, 1.165) is 18.8 Å². The second-order valence-corrected chi connectivity index (χ2v) is 5.79. The number of methoxy groups -OCH3 is 1. The molecule has 1 aromatic carbocycles. The second-order valence-electron chi connectivity index (χ2n) is 4.81. The van der Waals surface area contributed by atoms with E-state index < -0.39 is 0 Å². The normalized spacial score (nSPS) is 12.2. The number of nitrogens with zero attached hydrogens (tertiary/aromatic N) is 1. The van der Waals surface area contributed by atoms with Crippen LogP contribution < -0.4 is 15.0 Å². The van der Waals surface area contributed by atoms with Crippen LogP contribution in [0, 0.1) is 0 Å². The van der Waals surface area contributed by atoms with E-state index in [1.54, 1.807) is 18.4 Å². The molecule has 2 aromatic rings. The summed E-state index contributed by atoms with van der Waals surface area (Å²) in [6.07, 6.45) is 0. The van der Waals surface area contributed by atoms with Crippen LogP contribution in [-0.4, -0.2) is 27.2 Å². The summed E-state index contributed by atoms with van der Waals surface area (Å²) >= 11 is 1.80. The van der Waals surface area contributed by atoms with Gasteiger partial charge < -0.3 is 15.0 Å². The van der Waals surface area contributed by atoms with Crippen molar-refractivity contribution < 1.29 is 4.74 Å². The lowest BCUT2D eigenvalue weighted by molar-refractivity contribution is 0.415. The van der Waals surface area contributed by atoms with Gasteiger partial charge in [0.1, 0.15) is 5.75 Å². The summed E-state index contributed by atoms with van der Waals surface area (Å²) in [5.74, 6) is 0.895. The van der Waals surface area contributed by atoms with Crippen molar-refractivity contribution in [2.45, 2.75) is 13.0 Å². The van der Waals surface area contributed by atoms with Crippen molar-refractivity contribution in [1.82, 2.24) is 5.32 Å². The molecule has 1 atom stereocenters. The molecule has 1 unspecified atom stereocenters. The monoisotopic (exact) mass is 290 g/mol. The molecule has 0 bridgehead atoms. The van der Waals surface area contributed by atoms with E-state index in [1.165, 1.54) is 10.6 Å². The summed E-state index contributed by atoms with van der Waals surface area (Å²) in [5.41, 5.74) is 1.20. The molecule has 1 heterocycles. The predicted octanol–water partition coefficient (Wildman–Crippen LogP) is 3.54. The minimum atomic E-state index is 0.416. The number of anilines is 1. The van der Waals surface area contributed by atoms with Crippen LogP contribution in [0.25, 0.3) is 0 Å². The largest absolute Gasteiger partial charge is 0.497 e. The maximum Gasteiger partial charge on any atom is 0.119 e. The van der Waals surface area contributed by atoms with Crippen LogP contribution >= 0.6 is 11.3 Å². The van der Waals surface area contributed by atoms with Crippen molar-refractivity contribution in [2.75, 3.05) is 32.1 Å². The summed E-state index contributed by atoms with van der Waals surface area (Å²) in [6, 6.07) is 12.8. The highest BCUT2D eigenvalue weighted by Gasteiger charge is 2.06. The molecule has 1 N–H and O–H groups in total. The summed E-state index contributed by atoms with van der Waals surface area (Å²) in [5, 5.41) is 5.67. The van der Waals surface area contributed by atoms with Crippen LogP contribution in [0.4, 0.5) is 5.69 Å². The Bertz CT molecular complexity index is 496. The average Bonchev–Trinajstić information content (AvgIpc) is 3.01. The third kappa shape index (κ3) is 3.99. The van der Waals surface area contributed by atoms with Crippen molar-refractivity contribution >= 4 is 17.0 Å². The van der Waals surface area contributed by atoms with Gasteiger partial charge >= 0.3 is 0 Å². The lowest BCUT2D eigenvalue weighted by Crippen LogP contribution is -2.30. The molecule has 1 aromatic heterocycles. The molecule has 4 heteroatoms. The van der Waals surface area contributed by atoms with Gasteiger partial charge in [-0.1, -0.05) is 6.07 Å². The fraction of sp³-hybridized carbons (Fsp3) is 0.375. The molecule has 0 fully saturated rings. The molecule has 0 saturated heterocycles. The number of ether oxygens (including phenoxy) is 1. The molecule has 0 aliphatic heterocycles. The molecule has 2 rings (SSSR count). The zero-order valence-corrected chi connectivity index (χ0v) is 13.1. The minimum Gasteiger partial charge on any atom is -0.497 e. The van der Waals surface area contributed by atoms with Crippen LogP contribution in [-0.2, 0) is 0 Å². The number of hydrogen-bond donors (Lipinski definition) is 1. The van der Waals surface area contributed by atoms with E-state index in [4.69, 9.17) is 4.74 Å². The second kappa shape index (κ2) is 7.31. The SMILES string of the molecule is COc1ccc(N(C)CCNC(C)c2cccs2)cc1. The average molecular weight is 290 g/mol. The van der Waals surface area contributed by atoms with Crippen molar-refractivity contribution in [3.8, 4) is 5.75 Å². The molecule has 3 nitrogen and oxygen atoms in total. The predicted molar refractivity (Wildman–Crippen MR) is 87.0 cm³/mol. The molecule has 20 heavy (non-hydrogen) atoms. The number of rotatable bonds is 7. The fourth-order valence-electron chi connectivity index (χ4n) is 2.05. The molecular formula is C16H22N2OS. The molecule has 0 radical (unpaired) electrons. The first-order valence-electron chi connectivity index (χ1n) is 6.82. The topological polar surface area (TPSA) is 24.5 Å². The van der Waals surface area contributed by atoms with Gasteiger partial charge in [-0.15, -0.1) is 11.3 Å². The Kier molecular flexibility index (Phi) is 5.44. The van der Waals surface area contributed by atoms with Crippen molar-refractivity contribution in [2.24, 2.45) is 0 Å². The van der Waals surface area contributed by atoms with E-state index in [2.05, 4.69) is 53.8 Å². The van der Waals surface area contributed by atoms with E-state index in [0.29, 0.717) is 6.04 Å². The van der Waals surface area contributed by atoms with Gasteiger partial charge in [-0.25, -0.2) is 0 Å². The van der Waals surface area contributed by atoms with E-state index >= 15 is 0 Å². The maximum atomic E-state index is 5.17. The molecule has 0 aliphatic rings. The number of nitrogens with one attached hydrogen (secondary N) is 1. The third-order valence-electron chi connectivity index (χ3n) is 3.38. The molecule has 0 aliphatic carbocycles. The van der Waals surface area contributed by atoms with Crippen LogP contribution in [0.2, 0.25) is 0 Å². The first-order valence-corrected chi connectivity index (χ1v) is 7.70. The Morgan fingerprint density at radius 3 is 2.60 bits per heavy atom. The maximum absolute atomic E-state index is 5.17. The molecule has 0 saturated carbocycles. The first kappa shape index (κ1) is 14.9. The Labute approximate surface area is 125 Å². The molecule has 0 spiro atoms. The number of hydrogen-bond acceptors (Lipinski definition) is 4. The van der Waals surface area contributed by atoms with Gasteiger partial charge in [0, 0.05) is 36.7 Å². The summed E-state index contributed by atoms with van der Waals surface area (Å²) < 4.78 is 5.17. The van der Waals surface area contributed by atoms with E-state index in [1.807, 2.05) is 12.1 Å². The van der Waals surface area contributed by atoms with Gasteiger partial charge in [-0.2, -0.15) is 0 Å². The van der Waals surface area contributed by atoms with Crippen LogP contribution in [0.3, 0.4) is 0 Å². The highest BCUT2D eigenvalue weighted by atomic mass is 32.1. The Hall–Kier alpha value is -1.52. The highest BCUT2D eigenvalue weighted by molar-refractivity contribution is 7.10. The molecule has 108 valence electrons. The zero-order valence-electron chi connectivity index (χ0n) is 12.3. The lowest BCUT2D eigenvalue weighted by Gasteiger charge is -2.21. The van der Waals surface area contributed by atoms with Gasteiger partial charge in [0.15, 0.2) is 0 Å². The van der Waals surface area contributed by atoms with Gasteiger partial charge in [0.25, 0.3) is 0 Å². The Morgan fingerprint density at radius 2 is 2.00 bits per heavy atom. The quantitative estimate of drug-likeness (QED) is 0.844. The molecule has 0 amide bonds. The van der Waals surface area contributed by atoms with Crippen molar-refractivity contribution in [1.29, 1.82) is 0 Å². The van der Waals surface area contributed by atoms with Gasteiger partial charge in [-0.3, -0.25) is 0 Å². The van der Waals surface area contributed by atoms with Gasteiger partial charge in [-0.05, 0) is 42.6 Å². The Morgan fingerprint density at radius 1 is 1.25 bits per heavy atom. The van der Waals surface area contributed by atoms with Crippen molar-refractivity contribution in [3.63, 3.8) is 0 Å². The minimum absolute atomic E-state index is 0.416. The number of benzene rings is 1. The van der Waals surface area contributed by atoms with Crippen molar-refractivity contribution in [3.05, 3.63) is 46.7 Å². The number of likely N-dealkylation sites (N-methyl/N-ethyl adjacent to an activating group) is 1. The standard InChI is InChI=1S/C16H22N2OS/c1-13(16-5-4-12-20-16)17-10-11-18(2)14-6-8-15(19-3)9-7-14/h4-9,12-13,17H,10-11H2,1-3H3. The summed E-state index contributed by atoms with van der Waals surface area (Å²) in [7, 11) is 3.80. The fourth-order valence-corrected chi connectivity index (χ4v) is 2.81. The Balaban J connectivity index is 1.78. The lowest BCUT2D eigenvalue weighted by atomic mass is 10.2. The van der Waals surface area contributed by atoms with E-state index in [9.17, 15) is 0 Å². The van der Waals surface area contributed by atoms with Gasteiger partial charge in [0.05, 0.1) is 7.11 Å². The highest BCUT2D eigenvalue weighted by Crippen LogP contribution is 2.19. The molecular weight excluding hydrogens is 268 g/mol. The van der Waals surface area contributed by atoms with Crippen LogP contribution in [0.15, 0.2) is 41.8 Å². The summed E-state index contributed by atoms with van der Waals surface area (Å²) in [4.78, 5) is 3.63. The van der Waals surface area contributed by atoms with E-state index in [-0.39, 0.29) is 0 Å².